The summed E-state index contributed by atoms with van der Waals surface area (Å²) in [6, 6.07) is 7.82. The molecular formula is C19H25N3O2S. The van der Waals surface area contributed by atoms with E-state index in [-0.39, 0.29) is 12.5 Å². The summed E-state index contributed by atoms with van der Waals surface area (Å²) in [5, 5.41) is 12.8. The van der Waals surface area contributed by atoms with Crippen LogP contribution in [0.5, 0.6) is 5.75 Å². The summed E-state index contributed by atoms with van der Waals surface area (Å²) in [5.74, 6) is 1.41. The molecule has 2 aromatic rings. The highest BCUT2D eigenvalue weighted by atomic mass is 32.1. The van der Waals surface area contributed by atoms with Gasteiger partial charge in [-0.1, -0.05) is 62.6 Å². The number of para-hydroxylation sites is 1. The summed E-state index contributed by atoms with van der Waals surface area (Å²) in [6.07, 6.45) is 6.19. The molecule has 0 unspecified atom stereocenters. The molecule has 25 heavy (non-hydrogen) atoms. The molecule has 1 aliphatic rings. The van der Waals surface area contributed by atoms with Gasteiger partial charge in [-0.15, -0.1) is 10.2 Å². The van der Waals surface area contributed by atoms with E-state index in [2.05, 4.69) is 29.4 Å². The van der Waals surface area contributed by atoms with Gasteiger partial charge in [-0.05, 0) is 30.4 Å². The number of carbonyl (C=O) groups is 1. The average molecular weight is 359 g/mol. The van der Waals surface area contributed by atoms with Crippen molar-refractivity contribution in [2.24, 2.45) is 0 Å². The quantitative estimate of drug-likeness (QED) is 0.810. The minimum absolute atomic E-state index is 0.0257. The Labute approximate surface area is 152 Å². The van der Waals surface area contributed by atoms with E-state index in [1.165, 1.54) is 43.4 Å². The molecule has 0 bridgehead atoms. The van der Waals surface area contributed by atoms with Gasteiger partial charge in [0.1, 0.15) is 10.8 Å². The number of aromatic nitrogens is 2. The molecule has 0 aliphatic heterocycles. The SMILES string of the molecule is CC(C)c1ccccc1OCC(=O)Nc1nnc(C2CCCCC2)s1. The highest BCUT2D eigenvalue weighted by Gasteiger charge is 2.20. The summed E-state index contributed by atoms with van der Waals surface area (Å²) in [7, 11) is 0. The number of hydrogen-bond donors (Lipinski definition) is 1. The molecule has 1 N–H and O–H groups in total. The minimum atomic E-state index is -0.204. The number of anilines is 1. The first-order chi connectivity index (χ1) is 12.1. The van der Waals surface area contributed by atoms with E-state index in [9.17, 15) is 4.79 Å². The van der Waals surface area contributed by atoms with Crippen molar-refractivity contribution in [3.63, 3.8) is 0 Å². The number of hydrogen-bond acceptors (Lipinski definition) is 5. The lowest BCUT2D eigenvalue weighted by Gasteiger charge is -2.18. The molecule has 1 heterocycles. The summed E-state index contributed by atoms with van der Waals surface area (Å²) < 4.78 is 5.70. The van der Waals surface area contributed by atoms with Crippen molar-refractivity contribution in [1.29, 1.82) is 0 Å². The zero-order valence-corrected chi connectivity index (χ0v) is 15.6. The van der Waals surface area contributed by atoms with Gasteiger partial charge >= 0.3 is 0 Å². The van der Waals surface area contributed by atoms with Crippen molar-refractivity contribution in [3.05, 3.63) is 34.8 Å². The third kappa shape index (κ3) is 4.78. The van der Waals surface area contributed by atoms with E-state index in [0.717, 1.165) is 16.3 Å². The Morgan fingerprint density at radius 3 is 2.76 bits per heavy atom. The Bertz CT molecular complexity index is 708. The van der Waals surface area contributed by atoms with E-state index in [1.54, 1.807) is 0 Å². The predicted octanol–water partition coefficient (Wildman–Crippen LogP) is 4.73. The number of benzene rings is 1. The fraction of sp³-hybridized carbons (Fsp3) is 0.526. The molecule has 5 nitrogen and oxygen atoms in total. The highest BCUT2D eigenvalue weighted by Crippen LogP contribution is 2.35. The van der Waals surface area contributed by atoms with Gasteiger partial charge in [-0.3, -0.25) is 10.1 Å². The lowest BCUT2D eigenvalue weighted by molar-refractivity contribution is -0.118. The third-order valence-corrected chi connectivity index (χ3v) is 5.54. The summed E-state index contributed by atoms with van der Waals surface area (Å²) in [5.41, 5.74) is 1.10. The van der Waals surface area contributed by atoms with Crippen molar-refractivity contribution in [3.8, 4) is 5.75 Å². The molecule has 134 valence electrons. The second-order valence-corrected chi connectivity index (χ2v) is 7.82. The van der Waals surface area contributed by atoms with E-state index >= 15 is 0 Å². The first kappa shape index (κ1) is 17.9. The fourth-order valence-electron chi connectivity index (χ4n) is 3.19. The van der Waals surface area contributed by atoms with Crippen LogP contribution in [0.4, 0.5) is 5.13 Å². The molecule has 0 spiro atoms. The maximum absolute atomic E-state index is 12.2. The first-order valence-corrected chi connectivity index (χ1v) is 9.80. The molecule has 1 aliphatic carbocycles. The number of nitrogens with zero attached hydrogens (tertiary/aromatic N) is 2. The lowest BCUT2D eigenvalue weighted by Crippen LogP contribution is -2.20. The number of carbonyl (C=O) groups excluding carboxylic acids is 1. The van der Waals surface area contributed by atoms with Gasteiger partial charge in [0, 0.05) is 5.92 Å². The van der Waals surface area contributed by atoms with Crippen LogP contribution < -0.4 is 10.1 Å². The van der Waals surface area contributed by atoms with Crippen molar-refractivity contribution in [2.45, 2.75) is 57.8 Å². The van der Waals surface area contributed by atoms with E-state index in [1.807, 2.05) is 24.3 Å². The number of amides is 1. The third-order valence-electron chi connectivity index (χ3n) is 4.54. The standard InChI is InChI=1S/C19H25N3O2S/c1-13(2)15-10-6-7-11-16(15)24-12-17(23)20-19-22-21-18(25-19)14-8-4-3-5-9-14/h6-7,10-11,13-14H,3-5,8-9,12H2,1-2H3,(H,20,22,23). The van der Waals surface area contributed by atoms with E-state index < -0.39 is 0 Å². The molecule has 1 amide bonds. The topological polar surface area (TPSA) is 64.1 Å². The van der Waals surface area contributed by atoms with Crippen LogP contribution >= 0.6 is 11.3 Å². The van der Waals surface area contributed by atoms with Gasteiger partial charge < -0.3 is 4.74 Å². The van der Waals surface area contributed by atoms with Crippen molar-refractivity contribution in [2.75, 3.05) is 11.9 Å². The van der Waals surface area contributed by atoms with Crippen molar-refractivity contribution in [1.82, 2.24) is 10.2 Å². The van der Waals surface area contributed by atoms with E-state index in [4.69, 9.17) is 4.74 Å². The summed E-state index contributed by atoms with van der Waals surface area (Å²) in [4.78, 5) is 12.2. The van der Waals surface area contributed by atoms with Gasteiger partial charge in [-0.2, -0.15) is 0 Å². The molecule has 1 fully saturated rings. The smallest absolute Gasteiger partial charge is 0.264 e. The van der Waals surface area contributed by atoms with Crippen molar-refractivity contribution >= 4 is 22.4 Å². The van der Waals surface area contributed by atoms with Crippen LogP contribution in [0.3, 0.4) is 0 Å². The van der Waals surface area contributed by atoms with Gasteiger partial charge in [0.2, 0.25) is 5.13 Å². The minimum Gasteiger partial charge on any atom is -0.483 e. The number of rotatable bonds is 6. The second-order valence-electron chi connectivity index (χ2n) is 6.81. The van der Waals surface area contributed by atoms with Crippen LogP contribution in [0.2, 0.25) is 0 Å². The largest absolute Gasteiger partial charge is 0.483 e. The molecule has 0 saturated heterocycles. The number of nitrogens with one attached hydrogen (secondary N) is 1. The fourth-order valence-corrected chi connectivity index (χ4v) is 4.12. The monoisotopic (exact) mass is 359 g/mol. The maximum atomic E-state index is 12.2. The summed E-state index contributed by atoms with van der Waals surface area (Å²) >= 11 is 1.49. The Morgan fingerprint density at radius 2 is 2.00 bits per heavy atom. The zero-order valence-electron chi connectivity index (χ0n) is 14.8. The van der Waals surface area contributed by atoms with Gasteiger partial charge in [-0.25, -0.2) is 0 Å². The van der Waals surface area contributed by atoms with Crippen LogP contribution in [0, 0.1) is 0 Å². The Hall–Kier alpha value is -1.95. The van der Waals surface area contributed by atoms with Gasteiger partial charge in [0.25, 0.3) is 5.91 Å². The van der Waals surface area contributed by atoms with Gasteiger partial charge in [0.15, 0.2) is 6.61 Å². The van der Waals surface area contributed by atoms with Crippen molar-refractivity contribution < 1.29 is 9.53 Å². The molecule has 0 atom stereocenters. The Morgan fingerprint density at radius 1 is 1.24 bits per heavy atom. The normalized spacial score (nSPS) is 15.3. The molecule has 0 radical (unpaired) electrons. The maximum Gasteiger partial charge on any atom is 0.264 e. The summed E-state index contributed by atoms with van der Waals surface area (Å²) in [6.45, 7) is 4.19. The molecule has 6 heteroatoms. The van der Waals surface area contributed by atoms with Crippen LogP contribution in [0.25, 0.3) is 0 Å². The van der Waals surface area contributed by atoms with E-state index in [0.29, 0.717) is 17.0 Å². The highest BCUT2D eigenvalue weighted by molar-refractivity contribution is 7.15. The molecular weight excluding hydrogens is 334 g/mol. The zero-order chi connectivity index (χ0) is 17.6. The first-order valence-electron chi connectivity index (χ1n) is 8.98. The molecule has 3 rings (SSSR count). The Kier molecular flexibility index (Phi) is 6.02. The lowest BCUT2D eigenvalue weighted by atomic mass is 9.90. The predicted molar refractivity (Wildman–Crippen MR) is 100 cm³/mol. The molecule has 1 aromatic carbocycles. The van der Waals surface area contributed by atoms with Crippen LogP contribution in [0.15, 0.2) is 24.3 Å². The van der Waals surface area contributed by atoms with Crippen LogP contribution in [0.1, 0.15) is 68.4 Å². The molecule has 1 saturated carbocycles. The van der Waals surface area contributed by atoms with Crippen LogP contribution in [-0.4, -0.2) is 22.7 Å². The molecule has 1 aromatic heterocycles. The average Bonchev–Trinajstić information content (AvgIpc) is 3.09. The second kappa shape index (κ2) is 8.43. The number of ether oxygens (including phenoxy) is 1. The van der Waals surface area contributed by atoms with Gasteiger partial charge in [0.05, 0.1) is 0 Å². The van der Waals surface area contributed by atoms with Crippen LogP contribution in [-0.2, 0) is 4.79 Å². The Balaban J connectivity index is 1.54.